The van der Waals surface area contributed by atoms with Gasteiger partial charge in [-0.2, -0.15) is 0 Å². The number of ether oxygens (including phenoxy) is 2. The maximum atomic E-state index is 11.7. The van der Waals surface area contributed by atoms with Gasteiger partial charge >= 0.3 is 0 Å². The zero-order valence-corrected chi connectivity index (χ0v) is 18.5. The number of nitrogens with zero attached hydrogens (tertiary/aromatic N) is 3. The van der Waals surface area contributed by atoms with Crippen LogP contribution in [0.2, 0.25) is 0 Å². The minimum atomic E-state index is -0.863. The molecule has 31 heavy (non-hydrogen) atoms. The maximum absolute atomic E-state index is 11.7. The lowest BCUT2D eigenvalue weighted by Crippen LogP contribution is -2.25. The van der Waals surface area contributed by atoms with Crippen molar-refractivity contribution in [3.63, 3.8) is 0 Å². The first kappa shape index (κ1) is 22.9. The van der Waals surface area contributed by atoms with Crippen LogP contribution in [0.1, 0.15) is 29.3 Å². The Bertz CT molecular complexity index is 1010. The number of aliphatic hydroxyl groups is 2. The van der Waals surface area contributed by atoms with Crippen LogP contribution in [0.5, 0.6) is 11.5 Å². The van der Waals surface area contributed by atoms with Gasteiger partial charge in [-0.15, -0.1) is 5.10 Å². The van der Waals surface area contributed by atoms with E-state index >= 15 is 0 Å². The van der Waals surface area contributed by atoms with Gasteiger partial charge in [0.15, 0.2) is 11.6 Å². The SMILES string of the molecule is CCCc1cc(C(=O)CO)ccc1OCC(O)COc1ccc(-c2nnn[nH]2)cc1Br. The number of benzene rings is 2. The highest BCUT2D eigenvalue weighted by Crippen LogP contribution is 2.29. The van der Waals surface area contributed by atoms with Crippen molar-refractivity contribution < 1.29 is 24.5 Å². The molecule has 0 spiro atoms. The molecule has 0 aliphatic heterocycles. The number of carbonyl (C=O) groups excluding carboxylic acids is 1. The third-order valence-corrected chi connectivity index (χ3v) is 5.08. The number of hydrogen-bond donors (Lipinski definition) is 3. The van der Waals surface area contributed by atoms with Gasteiger partial charge < -0.3 is 19.7 Å². The maximum Gasteiger partial charge on any atom is 0.188 e. The molecule has 2 aromatic carbocycles. The van der Waals surface area contributed by atoms with E-state index in [1.807, 2.05) is 13.0 Å². The Balaban J connectivity index is 1.56. The molecule has 164 valence electrons. The van der Waals surface area contributed by atoms with E-state index in [0.717, 1.165) is 17.5 Å². The van der Waals surface area contributed by atoms with Gasteiger partial charge in [0.25, 0.3) is 0 Å². The lowest BCUT2D eigenvalue weighted by atomic mass is 10.0. The molecule has 0 amide bonds. The number of Topliss-reactive ketones (excluding diaryl/α,β-unsaturated/α-hetero) is 1. The Hall–Kier alpha value is -2.82. The van der Waals surface area contributed by atoms with Crippen molar-refractivity contribution in [1.29, 1.82) is 0 Å². The van der Waals surface area contributed by atoms with Crippen LogP contribution in [0.25, 0.3) is 11.4 Å². The molecule has 1 atom stereocenters. The summed E-state index contributed by atoms with van der Waals surface area (Å²) in [6, 6.07) is 10.4. The molecule has 0 radical (unpaired) electrons. The number of ketones is 1. The molecule has 0 saturated heterocycles. The number of hydrogen-bond acceptors (Lipinski definition) is 8. The van der Waals surface area contributed by atoms with Crippen LogP contribution < -0.4 is 9.47 Å². The number of aliphatic hydroxyl groups excluding tert-OH is 2. The summed E-state index contributed by atoms with van der Waals surface area (Å²) in [5.74, 6) is 1.36. The van der Waals surface area contributed by atoms with E-state index in [0.29, 0.717) is 33.8 Å². The van der Waals surface area contributed by atoms with E-state index in [9.17, 15) is 9.90 Å². The fourth-order valence-corrected chi connectivity index (χ4v) is 3.41. The summed E-state index contributed by atoms with van der Waals surface area (Å²) in [5, 5.41) is 33.0. The van der Waals surface area contributed by atoms with E-state index in [-0.39, 0.29) is 19.0 Å². The molecule has 0 fully saturated rings. The first-order chi connectivity index (χ1) is 15.0. The second kappa shape index (κ2) is 11.0. The van der Waals surface area contributed by atoms with Crippen LogP contribution in [0, 0.1) is 0 Å². The molecular formula is C21H23BrN4O5. The Morgan fingerprint density at radius 3 is 2.55 bits per heavy atom. The highest BCUT2D eigenvalue weighted by molar-refractivity contribution is 9.10. The molecule has 0 saturated carbocycles. The molecule has 1 unspecified atom stereocenters. The molecule has 10 heteroatoms. The molecule has 1 aromatic heterocycles. The Morgan fingerprint density at radius 1 is 1.16 bits per heavy atom. The van der Waals surface area contributed by atoms with Crippen molar-refractivity contribution >= 4 is 21.7 Å². The molecule has 0 aliphatic rings. The van der Waals surface area contributed by atoms with Gasteiger partial charge in [-0.05, 0) is 74.7 Å². The Morgan fingerprint density at radius 2 is 1.90 bits per heavy atom. The number of aromatic nitrogens is 4. The van der Waals surface area contributed by atoms with Gasteiger partial charge in [-0.3, -0.25) is 4.79 Å². The molecule has 0 bridgehead atoms. The second-order valence-electron chi connectivity index (χ2n) is 6.82. The quantitative estimate of drug-likeness (QED) is 0.349. The van der Waals surface area contributed by atoms with Crippen LogP contribution in [-0.2, 0) is 6.42 Å². The first-order valence-electron chi connectivity index (χ1n) is 9.76. The summed E-state index contributed by atoms with van der Waals surface area (Å²) in [7, 11) is 0. The molecule has 3 N–H and O–H groups in total. The van der Waals surface area contributed by atoms with Crippen molar-refractivity contribution in [2.45, 2.75) is 25.9 Å². The van der Waals surface area contributed by atoms with E-state index in [2.05, 4.69) is 36.6 Å². The smallest absolute Gasteiger partial charge is 0.188 e. The second-order valence-corrected chi connectivity index (χ2v) is 7.68. The fraction of sp³-hybridized carbons (Fsp3) is 0.333. The largest absolute Gasteiger partial charge is 0.490 e. The minimum absolute atomic E-state index is 0.0312. The number of nitrogens with one attached hydrogen (secondary N) is 1. The topological polar surface area (TPSA) is 130 Å². The van der Waals surface area contributed by atoms with E-state index < -0.39 is 12.7 Å². The van der Waals surface area contributed by atoms with Crippen LogP contribution in [0.15, 0.2) is 40.9 Å². The number of aromatic amines is 1. The lowest BCUT2D eigenvalue weighted by molar-refractivity contribution is 0.0620. The van der Waals surface area contributed by atoms with Gasteiger partial charge in [-0.25, -0.2) is 5.10 Å². The minimum Gasteiger partial charge on any atom is -0.490 e. The number of halogens is 1. The summed E-state index contributed by atoms with van der Waals surface area (Å²) in [6.45, 7) is 1.55. The van der Waals surface area contributed by atoms with Crippen LogP contribution in [-0.4, -0.2) is 62.5 Å². The van der Waals surface area contributed by atoms with Crippen molar-refractivity contribution in [2.75, 3.05) is 19.8 Å². The highest BCUT2D eigenvalue weighted by atomic mass is 79.9. The van der Waals surface area contributed by atoms with E-state index in [1.165, 1.54) is 0 Å². The van der Waals surface area contributed by atoms with Crippen molar-refractivity contribution in [3.8, 4) is 22.9 Å². The number of rotatable bonds is 11. The lowest BCUT2D eigenvalue weighted by Gasteiger charge is -2.17. The van der Waals surface area contributed by atoms with Crippen molar-refractivity contribution in [2.24, 2.45) is 0 Å². The molecule has 0 aliphatic carbocycles. The van der Waals surface area contributed by atoms with Crippen molar-refractivity contribution in [1.82, 2.24) is 20.6 Å². The molecule has 3 rings (SSSR count). The van der Waals surface area contributed by atoms with Gasteiger partial charge in [0, 0.05) is 11.1 Å². The number of tetrazole rings is 1. The molecule has 3 aromatic rings. The predicted molar refractivity (Wildman–Crippen MR) is 116 cm³/mol. The fourth-order valence-electron chi connectivity index (χ4n) is 2.92. The first-order valence-corrected chi connectivity index (χ1v) is 10.6. The number of H-pyrrole nitrogens is 1. The van der Waals surface area contributed by atoms with Gasteiger partial charge in [0.1, 0.15) is 37.4 Å². The van der Waals surface area contributed by atoms with E-state index in [1.54, 1.807) is 30.3 Å². The average Bonchev–Trinajstić information content (AvgIpc) is 3.32. The van der Waals surface area contributed by atoms with Crippen LogP contribution in [0.4, 0.5) is 0 Å². The van der Waals surface area contributed by atoms with Gasteiger partial charge in [0.2, 0.25) is 0 Å². The summed E-state index contributed by atoms with van der Waals surface area (Å²) in [4.78, 5) is 11.7. The standard InChI is InChI=1S/C21H23BrN4O5/c1-2-3-14-8-13(18(29)10-27)4-6-19(14)30-11-16(28)12-31-20-7-5-15(9-17(20)22)21-23-25-26-24-21/h4-9,16,27-28H,2-3,10-12H2,1H3,(H,23,24,25,26). The monoisotopic (exact) mass is 490 g/mol. The third kappa shape index (κ3) is 6.09. The molecule has 1 heterocycles. The van der Waals surface area contributed by atoms with Gasteiger partial charge in [-0.1, -0.05) is 13.3 Å². The zero-order valence-electron chi connectivity index (χ0n) is 16.9. The van der Waals surface area contributed by atoms with Crippen LogP contribution in [0.3, 0.4) is 0 Å². The number of aryl methyl sites for hydroxylation is 1. The normalized spacial score (nSPS) is 11.9. The summed E-state index contributed by atoms with van der Waals surface area (Å²) >= 11 is 3.44. The third-order valence-electron chi connectivity index (χ3n) is 4.46. The highest BCUT2D eigenvalue weighted by Gasteiger charge is 2.13. The average molecular weight is 491 g/mol. The summed E-state index contributed by atoms with van der Waals surface area (Å²) in [5.41, 5.74) is 2.09. The predicted octanol–water partition coefficient (Wildman–Crippen LogP) is 2.58. The zero-order chi connectivity index (χ0) is 22.2. The van der Waals surface area contributed by atoms with E-state index in [4.69, 9.17) is 14.6 Å². The molecule has 9 nitrogen and oxygen atoms in total. The summed E-state index contributed by atoms with van der Waals surface area (Å²) < 4.78 is 12.2. The van der Waals surface area contributed by atoms with Crippen molar-refractivity contribution in [3.05, 3.63) is 52.0 Å². The van der Waals surface area contributed by atoms with Gasteiger partial charge in [0.05, 0.1) is 4.47 Å². The molecular weight excluding hydrogens is 468 g/mol. The Kier molecular flexibility index (Phi) is 8.10. The summed E-state index contributed by atoms with van der Waals surface area (Å²) in [6.07, 6.45) is 0.722. The Labute approximate surface area is 187 Å². The number of carbonyl (C=O) groups is 1. The van der Waals surface area contributed by atoms with Crippen LogP contribution >= 0.6 is 15.9 Å².